The van der Waals surface area contributed by atoms with E-state index >= 15 is 0 Å². The Kier molecular flexibility index (Phi) is 4.74. The third-order valence-electron chi connectivity index (χ3n) is 6.73. The van der Waals surface area contributed by atoms with E-state index in [4.69, 9.17) is 4.42 Å². The summed E-state index contributed by atoms with van der Waals surface area (Å²) in [6.07, 6.45) is 0.842. The van der Waals surface area contributed by atoms with Crippen molar-refractivity contribution in [3.63, 3.8) is 0 Å². The summed E-state index contributed by atoms with van der Waals surface area (Å²) in [5.74, 6) is -0.353. The van der Waals surface area contributed by atoms with E-state index in [-0.39, 0.29) is 5.76 Å². The van der Waals surface area contributed by atoms with Crippen molar-refractivity contribution in [3.05, 3.63) is 141 Å². The van der Waals surface area contributed by atoms with Crippen LogP contribution in [0.25, 0.3) is 11.1 Å². The molecular formula is C29H24N2O2. The zero-order valence-electron chi connectivity index (χ0n) is 18.2. The van der Waals surface area contributed by atoms with E-state index in [1.165, 1.54) is 5.56 Å². The van der Waals surface area contributed by atoms with Gasteiger partial charge in [-0.1, -0.05) is 97.1 Å². The van der Waals surface area contributed by atoms with Crippen LogP contribution in [0.4, 0.5) is 0 Å². The third-order valence-corrected chi connectivity index (χ3v) is 6.73. The number of hydrogen-bond donors (Lipinski definition) is 1. The molecule has 0 unspecified atom stereocenters. The molecule has 0 radical (unpaired) electrons. The molecule has 0 aliphatic carbocycles. The molecule has 0 spiro atoms. The Morgan fingerprint density at radius 1 is 0.727 bits per heavy atom. The summed E-state index contributed by atoms with van der Waals surface area (Å²) in [6, 6.07) is 34.9. The molecule has 0 fully saturated rings. The van der Waals surface area contributed by atoms with Crippen LogP contribution in [0.3, 0.4) is 0 Å². The largest absolute Gasteiger partial charge is 0.421 e. The summed E-state index contributed by atoms with van der Waals surface area (Å²) in [5.41, 5.74) is 5.98. The molecule has 0 bridgehead atoms. The predicted octanol–water partition coefficient (Wildman–Crippen LogP) is 5.08. The predicted molar refractivity (Wildman–Crippen MR) is 130 cm³/mol. The standard InChI is InChI=1S/C29H24N2O2/c32-28-31(26-17-16-21-20-30-19-18-25(21)27(26)33-28)29(22-10-4-1-5-11-22,23-12-6-2-7-13-23)24-14-8-3-9-15-24/h1-17,30H,18-20H2. The number of hydrogen-bond acceptors (Lipinski definition) is 3. The second-order valence-corrected chi connectivity index (χ2v) is 8.49. The van der Waals surface area contributed by atoms with Gasteiger partial charge < -0.3 is 9.73 Å². The molecule has 0 saturated carbocycles. The number of benzene rings is 4. The molecule has 4 heteroatoms. The van der Waals surface area contributed by atoms with Crippen molar-refractivity contribution in [1.82, 2.24) is 9.88 Å². The maximum atomic E-state index is 13.8. The van der Waals surface area contributed by atoms with Crippen LogP contribution < -0.4 is 11.1 Å². The van der Waals surface area contributed by atoms with Crippen molar-refractivity contribution in [2.45, 2.75) is 18.5 Å². The minimum Gasteiger partial charge on any atom is -0.407 e. The van der Waals surface area contributed by atoms with Gasteiger partial charge in [0.25, 0.3) is 0 Å². The van der Waals surface area contributed by atoms with Gasteiger partial charge in [0.2, 0.25) is 0 Å². The lowest BCUT2D eigenvalue weighted by atomic mass is 9.76. The highest BCUT2D eigenvalue weighted by molar-refractivity contribution is 5.80. The maximum absolute atomic E-state index is 13.8. The van der Waals surface area contributed by atoms with E-state index in [0.717, 1.165) is 47.3 Å². The Morgan fingerprint density at radius 2 is 1.27 bits per heavy atom. The minimum atomic E-state index is -0.882. The van der Waals surface area contributed by atoms with Crippen LogP contribution >= 0.6 is 0 Å². The van der Waals surface area contributed by atoms with Crippen LogP contribution in [-0.4, -0.2) is 11.1 Å². The van der Waals surface area contributed by atoms with Crippen LogP contribution in [0.2, 0.25) is 0 Å². The third kappa shape index (κ3) is 2.99. The van der Waals surface area contributed by atoms with Crippen LogP contribution in [-0.2, 0) is 18.5 Å². The topological polar surface area (TPSA) is 47.2 Å². The normalized spacial score (nSPS) is 13.7. The number of oxazole rings is 1. The second-order valence-electron chi connectivity index (χ2n) is 8.49. The van der Waals surface area contributed by atoms with Crippen molar-refractivity contribution in [2.75, 3.05) is 6.54 Å². The fraction of sp³-hybridized carbons (Fsp3) is 0.138. The molecular weight excluding hydrogens is 408 g/mol. The monoisotopic (exact) mass is 432 g/mol. The Balaban J connectivity index is 1.79. The molecule has 0 atom stereocenters. The van der Waals surface area contributed by atoms with Gasteiger partial charge >= 0.3 is 5.76 Å². The summed E-state index contributed by atoms with van der Waals surface area (Å²) in [5, 5.41) is 3.41. The van der Waals surface area contributed by atoms with E-state index in [2.05, 4.69) is 47.8 Å². The average Bonchev–Trinajstić information content (AvgIpc) is 3.23. The lowest BCUT2D eigenvalue weighted by molar-refractivity contribution is 0.439. The van der Waals surface area contributed by atoms with Crippen LogP contribution in [0.1, 0.15) is 27.8 Å². The molecule has 4 nitrogen and oxygen atoms in total. The summed E-state index contributed by atoms with van der Waals surface area (Å²) < 4.78 is 7.90. The van der Waals surface area contributed by atoms with Crippen LogP contribution in [0.15, 0.2) is 112 Å². The molecule has 4 aromatic carbocycles. The number of fused-ring (bicyclic) bond motifs is 3. The molecule has 1 aliphatic rings. The Labute approximate surface area is 192 Å². The fourth-order valence-electron chi connectivity index (χ4n) is 5.30. The van der Waals surface area contributed by atoms with Crippen molar-refractivity contribution >= 4 is 11.1 Å². The van der Waals surface area contributed by atoms with Gasteiger partial charge in [0, 0.05) is 12.1 Å². The lowest BCUT2D eigenvalue weighted by Gasteiger charge is -2.36. The molecule has 6 rings (SSSR count). The van der Waals surface area contributed by atoms with E-state index in [1.54, 1.807) is 0 Å². The molecule has 1 aromatic heterocycles. The molecule has 2 heterocycles. The fourth-order valence-corrected chi connectivity index (χ4v) is 5.30. The first-order valence-corrected chi connectivity index (χ1v) is 11.3. The molecule has 1 N–H and O–H groups in total. The Hall–Kier alpha value is -3.89. The molecule has 0 saturated heterocycles. The highest BCUT2D eigenvalue weighted by Crippen LogP contribution is 2.42. The first kappa shape index (κ1) is 19.8. The highest BCUT2D eigenvalue weighted by Gasteiger charge is 2.41. The molecule has 5 aromatic rings. The molecule has 1 aliphatic heterocycles. The van der Waals surface area contributed by atoms with E-state index < -0.39 is 5.54 Å². The summed E-state index contributed by atoms with van der Waals surface area (Å²) in [6.45, 7) is 1.67. The van der Waals surface area contributed by atoms with Gasteiger partial charge in [-0.3, -0.25) is 4.57 Å². The second kappa shape index (κ2) is 7.91. The van der Waals surface area contributed by atoms with Gasteiger partial charge in [-0.15, -0.1) is 0 Å². The quantitative estimate of drug-likeness (QED) is 0.403. The van der Waals surface area contributed by atoms with Crippen LogP contribution in [0, 0.1) is 0 Å². The van der Waals surface area contributed by atoms with E-state index in [1.807, 2.05) is 65.2 Å². The Morgan fingerprint density at radius 3 is 1.82 bits per heavy atom. The zero-order chi connectivity index (χ0) is 22.3. The molecule has 0 amide bonds. The number of nitrogens with zero attached hydrogens (tertiary/aromatic N) is 1. The number of rotatable bonds is 4. The van der Waals surface area contributed by atoms with Gasteiger partial charge in [-0.2, -0.15) is 0 Å². The summed E-state index contributed by atoms with van der Waals surface area (Å²) >= 11 is 0. The highest BCUT2D eigenvalue weighted by atomic mass is 16.4. The molecule has 162 valence electrons. The first-order chi connectivity index (χ1) is 16.3. The summed E-state index contributed by atoms with van der Waals surface area (Å²) in [7, 11) is 0. The summed E-state index contributed by atoms with van der Waals surface area (Å²) in [4.78, 5) is 13.8. The van der Waals surface area contributed by atoms with Crippen molar-refractivity contribution in [2.24, 2.45) is 0 Å². The van der Waals surface area contributed by atoms with E-state index in [0.29, 0.717) is 5.58 Å². The van der Waals surface area contributed by atoms with Gasteiger partial charge in [0.05, 0.1) is 5.52 Å². The van der Waals surface area contributed by atoms with Gasteiger partial charge in [0.1, 0.15) is 5.54 Å². The SMILES string of the molecule is O=c1oc2c3c(ccc2n1C(c1ccccc1)(c1ccccc1)c1ccccc1)CNCC3. The maximum Gasteiger partial charge on any atom is 0.421 e. The lowest BCUT2D eigenvalue weighted by Crippen LogP contribution is -2.42. The van der Waals surface area contributed by atoms with Crippen LogP contribution in [0.5, 0.6) is 0 Å². The number of aromatic nitrogens is 1. The van der Waals surface area contributed by atoms with Crippen molar-refractivity contribution < 1.29 is 4.42 Å². The average molecular weight is 433 g/mol. The van der Waals surface area contributed by atoms with Gasteiger partial charge in [0.15, 0.2) is 5.58 Å². The Bertz CT molecular complexity index is 1370. The van der Waals surface area contributed by atoms with E-state index in [9.17, 15) is 4.79 Å². The number of nitrogens with one attached hydrogen (secondary N) is 1. The van der Waals surface area contributed by atoms with Crippen molar-refractivity contribution in [1.29, 1.82) is 0 Å². The zero-order valence-corrected chi connectivity index (χ0v) is 18.2. The smallest absolute Gasteiger partial charge is 0.407 e. The first-order valence-electron chi connectivity index (χ1n) is 11.3. The van der Waals surface area contributed by atoms with Gasteiger partial charge in [-0.25, -0.2) is 4.79 Å². The van der Waals surface area contributed by atoms with Gasteiger partial charge in [-0.05, 0) is 41.3 Å². The molecule has 33 heavy (non-hydrogen) atoms. The van der Waals surface area contributed by atoms with Crippen molar-refractivity contribution in [3.8, 4) is 0 Å². The minimum absolute atomic E-state index is 0.353.